The van der Waals surface area contributed by atoms with E-state index in [9.17, 15) is 19.2 Å². The Bertz CT molecular complexity index is 3970. The summed E-state index contributed by atoms with van der Waals surface area (Å²) < 4.78 is 29.3. The normalized spacial score (nSPS) is 11.7. The van der Waals surface area contributed by atoms with Crippen molar-refractivity contribution in [3.63, 3.8) is 0 Å². The molecule has 22 nitrogen and oxygen atoms in total. The predicted octanol–water partition coefficient (Wildman–Crippen LogP) is 11.1. The standard InChI is InChI=1S/C21H25N3O3.C20H21N3O3.C13H17N3O2.C11H13N3O2/c1-5-27-18(25)13-21(2,3)19-17-7-6-12-22-20(17)24(23-19)14-15-8-10-16(26-4)11-9-15;1-4-26-18(24)12-14(2)19-17-6-5-11-21-20(17)23(22-19)13-15-7-9-16(25-3)10-8-15;1-4-18-10(17)8-13(2,3)11-9-6-5-7-14-12(9)16-15-11;1-11(2,6-8(15)16)9-7-4-3-5-12-10(7)14-13-9/h6-12H,5,13-14H2,1-4H3;5-12H,4,13H2,1-3H3;5-7H,4,8H2,1-3H3,(H,14,15,16);3-5H,6H2,1-2H3,(H,15,16)(H,12,13,14)/b;14-12+;;. The van der Waals surface area contributed by atoms with E-state index in [0.717, 1.165) is 83.8 Å². The molecular weight excluding hydrogens is 1110 g/mol. The molecule has 2 aromatic carbocycles. The highest BCUT2D eigenvalue weighted by atomic mass is 16.5. The van der Waals surface area contributed by atoms with Gasteiger partial charge in [-0.25, -0.2) is 34.1 Å². The van der Waals surface area contributed by atoms with Gasteiger partial charge in [-0.05, 0) is 117 Å². The molecule has 10 rings (SSSR count). The van der Waals surface area contributed by atoms with Crippen molar-refractivity contribution in [2.45, 2.75) is 118 Å². The first-order valence-electron chi connectivity index (χ1n) is 28.5. The van der Waals surface area contributed by atoms with Gasteiger partial charge >= 0.3 is 23.9 Å². The molecule has 0 atom stereocenters. The number of benzene rings is 2. The van der Waals surface area contributed by atoms with E-state index in [4.69, 9.17) is 33.9 Å². The van der Waals surface area contributed by atoms with Gasteiger partial charge < -0.3 is 28.8 Å². The maximum absolute atomic E-state index is 12.0. The minimum atomic E-state index is -0.823. The van der Waals surface area contributed by atoms with E-state index >= 15 is 0 Å². The number of fused-ring (bicyclic) bond motifs is 4. The van der Waals surface area contributed by atoms with Crippen LogP contribution < -0.4 is 9.47 Å². The quantitative estimate of drug-likeness (QED) is 0.0363. The van der Waals surface area contributed by atoms with Crippen LogP contribution >= 0.6 is 0 Å². The van der Waals surface area contributed by atoms with Crippen LogP contribution in [0.25, 0.3) is 49.7 Å². The fourth-order valence-electron chi connectivity index (χ4n) is 9.78. The van der Waals surface area contributed by atoms with Crippen LogP contribution in [-0.4, -0.2) is 123 Å². The highest BCUT2D eigenvalue weighted by Gasteiger charge is 2.32. The van der Waals surface area contributed by atoms with Crippen molar-refractivity contribution >= 4 is 73.6 Å². The largest absolute Gasteiger partial charge is 0.497 e. The number of rotatable bonds is 20. The molecule has 8 aromatic heterocycles. The van der Waals surface area contributed by atoms with Crippen molar-refractivity contribution in [2.24, 2.45) is 0 Å². The van der Waals surface area contributed by atoms with Crippen molar-refractivity contribution in [2.75, 3.05) is 34.0 Å². The number of esters is 3. The third-order valence-corrected chi connectivity index (χ3v) is 14.0. The first-order chi connectivity index (χ1) is 41.6. The number of carboxylic acids is 1. The zero-order valence-corrected chi connectivity index (χ0v) is 51.4. The van der Waals surface area contributed by atoms with E-state index in [1.807, 2.05) is 162 Å². The molecule has 0 saturated carbocycles. The highest BCUT2D eigenvalue weighted by Crippen LogP contribution is 2.34. The third-order valence-electron chi connectivity index (χ3n) is 14.0. The maximum atomic E-state index is 12.0. The zero-order chi connectivity index (χ0) is 62.9. The average Bonchev–Trinajstić information content (AvgIpc) is 1.90. The van der Waals surface area contributed by atoms with Gasteiger partial charge in [0, 0.05) is 68.7 Å². The Morgan fingerprint density at radius 3 is 1.40 bits per heavy atom. The molecule has 0 bridgehead atoms. The number of pyridine rings is 4. The number of H-pyrrole nitrogens is 2. The summed E-state index contributed by atoms with van der Waals surface area (Å²) in [5, 5.41) is 36.2. The Balaban J connectivity index is 0.000000169. The molecule has 0 radical (unpaired) electrons. The number of aromatic nitrogens is 12. The molecule has 3 N–H and O–H groups in total. The Hall–Kier alpha value is -9.86. The van der Waals surface area contributed by atoms with Gasteiger partial charge in [-0.15, -0.1) is 0 Å². The number of carbonyl (C=O) groups is 4. The van der Waals surface area contributed by atoms with Crippen LogP contribution in [0.15, 0.2) is 128 Å². The number of nitrogens with zero attached hydrogens (tertiary/aromatic N) is 10. The summed E-state index contributed by atoms with van der Waals surface area (Å²) in [6, 6.07) is 31.0. The van der Waals surface area contributed by atoms with Gasteiger partial charge in [0.25, 0.3) is 0 Å². The molecule has 87 heavy (non-hydrogen) atoms. The lowest BCUT2D eigenvalue weighted by Gasteiger charge is -2.22. The van der Waals surface area contributed by atoms with Crippen molar-refractivity contribution in [3.8, 4) is 11.5 Å². The van der Waals surface area contributed by atoms with E-state index in [2.05, 4.69) is 45.4 Å². The van der Waals surface area contributed by atoms with Gasteiger partial charge in [0.2, 0.25) is 0 Å². The predicted molar refractivity (Wildman–Crippen MR) is 331 cm³/mol. The maximum Gasteiger partial charge on any atom is 0.331 e. The Labute approximate surface area is 504 Å². The van der Waals surface area contributed by atoms with Gasteiger partial charge in [0.15, 0.2) is 22.6 Å². The van der Waals surface area contributed by atoms with E-state index in [0.29, 0.717) is 50.6 Å². The smallest absolute Gasteiger partial charge is 0.331 e. The molecule has 0 aliphatic heterocycles. The lowest BCUT2D eigenvalue weighted by atomic mass is 9.84. The average molecular weight is 1190 g/mol. The number of hydrogen-bond acceptors (Lipinski definition) is 17. The molecule has 0 aliphatic carbocycles. The minimum absolute atomic E-state index is 0.0547. The monoisotopic (exact) mass is 1180 g/mol. The number of carbonyl (C=O) groups excluding carboxylic acids is 3. The SMILES string of the molecule is CC(C)(CC(=O)O)c1[nH]nc2ncccc12.CCOC(=O)/C=C(\C)c1nn(Cc2ccc(OC)cc2)c2ncccc12.CCOC(=O)CC(C)(C)c1[nH]nc2ncccc12.CCOC(=O)CC(C)(C)c1nn(Cc2ccc(OC)cc2)c2ncccc12. The number of carboxylic acid groups (broad SMARTS) is 1. The van der Waals surface area contributed by atoms with E-state index in [-0.39, 0.29) is 36.2 Å². The summed E-state index contributed by atoms with van der Waals surface area (Å²) in [5.41, 5.74) is 7.82. The van der Waals surface area contributed by atoms with Crippen molar-refractivity contribution < 1.29 is 48.0 Å². The van der Waals surface area contributed by atoms with Gasteiger partial charge in [0.05, 0.1) is 89.2 Å². The number of aliphatic carboxylic acids is 1. The van der Waals surface area contributed by atoms with Gasteiger partial charge in [-0.3, -0.25) is 24.6 Å². The van der Waals surface area contributed by atoms with Crippen LogP contribution in [0.1, 0.15) is 122 Å². The summed E-state index contributed by atoms with van der Waals surface area (Å²) >= 11 is 0. The Morgan fingerprint density at radius 2 is 0.943 bits per heavy atom. The lowest BCUT2D eigenvalue weighted by Crippen LogP contribution is -2.24. The fraction of sp³-hybridized carbons (Fsp3) is 0.354. The van der Waals surface area contributed by atoms with Crippen LogP contribution in [0.2, 0.25) is 0 Å². The van der Waals surface area contributed by atoms with Crippen molar-refractivity contribution in [1.29, 1.82) is 0 Å². The number of allylic oxidation sites excluding steroid dienone is 1. The number of hydrogen-bond donors (Lipinski definition) is 3. The third kappa shape index (κ3) is 16.7. The Morgan fingerprint density at radius 1 is 0.529 bits per heavy atom. The van der Waals surface area contributed by atoms with Crippen LogP contribution in [0.4, 0.5) is 0 Å². The number of aromatic amines is 2. The fourth-order valence-corrected chi connectivity index (χ4v) is 9.78. The van der Waals surface area contributed by atoms with E-state index in [1.54, 1.807) is 52.9 Å². The topological polar surface area (TPSA) is 279 Å². The van der Waals surface area contributed by atoms with Gasteiger partial charge in [0.1, 0.15) is 11.5 Å². The zero-order valence-electron chi connectivity index (χ0n) is 51.4. The molecule has 0 saturated heterocycles. The van der Waals surface area contributed by atoms with Crippen LogP contribution in [0.3, 0.4) is 0 Å². The van der Waals surface area contributed by atoms with Crippen LogP contribution in [-0.2, 0) is 62.7 Å². The van der Waals surface area contributed by atoms with E-state index in [1.165, 1.54) is 6.08 Å². The second-order valence-electron chi connectivity index (χ2n) is 22.2. The van der Waals surface area contributed by atoms with Crippen LogP contribution in [0, 0.1) is 0 Å². The van der Waals surface area contributed by atoms with Crippen molar-refractivity contribution in [1.82, 2.24) is 59.9 Å². The summed E-state index contributed by atoms with van der Waals surface area (Å²) in [5.74, 6) is 0.0197. The second kappa shape index (κ2) is 29.3. The second-order valence-corrected chi connectivity index (χ2v) is 22.2. The molecule has 456 valence electrons. The first-order valence-corrected chi connectivity index (χ1v) is 28.5. The molecule has 0 unspecified atom stereocenters. The van der Waals surface area contributed by atoms with Crippen molar-refractivity contribution in [3.05, 3.63) is 162 Å². The number of ether oxygens (including phenoxy) is 5. The first kappa shape index (κ1) is 64.7. The van der Waals surface area contributed by atoms with Gasteiger partial charge in [-0.2, -0.15) is 20.4 Å². The molecule has 22 heteroatoms. The number of nitrogens with one attached hydrogen (secondary N) is 2. The number of methoxy groups -OCH3 is 2. The summed E-state index contributed by atoms with van der Waals surface area (Å²) in [6.45, 7) is 21.3. The minimum Gasteiger partial charge on any atom is -0.497 e. The lowest BCUT2D eigenvalue weighted by molar-refractivity contribution is -0.145. The molecule has 10 aromatic rings. The molecule has 0 spiro atoms. The molecule has 0 fully saturated rings. The van der Waals surface area contributed by atoms with E-state index < -0.39 is 16.8 Å². The molecular formula is C65H76N12O10. The molecule has 8 heterocycles. The summed E-state index contributed by atoms with van der Waals surface area (Å²) in [6.07, 6.45) is 8.97. The molecule has 0 amide bonds. The van der Waals surface area contributed by atoms with Gasteiger partial charge in [-0.1, -0.05) is 65.8 Å². The van der Waals surface area contributed by atoms with Crippen LogP contribution in [0.5, 0.6) is 11.5 Å². The summed E-state index contributed by atoms with van der Waals surface area (Å²) in [4.78, 5) is 63.5. The Kier molecular flexibility index (Phi) is 21.8. The molecule has 0 aliphatic rings. The summed E-state index contributed by atoms with van der Waals surface area (Å²) in [7, 11) is 3.29. The highest BCUT2D eigenvalue weighted by molar-refractivity contribution is 5.96.